The average Bonchev–Trinajstić information content (AvgIpc) is 3.71. The van der Waals surface area contributed by atoms with Crippen LogP contribution in [0.4, 0.5) is 15.9 Å². The number of nitrogens with two attached hydrogens (primary N) is 1. The molecule has 2 atom stereocenters. The number of rotatable bonds is 21. The molecule has 74 heavy (non-hydrogen) atoms. The van der Waals surface area contributed by atoms with Gasteiger partial charge < -0.3 is 41.1 Å². The number of anilines is 2. The maximum atomic E-state index is 14.4. The van der Waals surface area contributed by atoms with E-state index >= 15 is 0 Å². The third-order valence-corrected chi connectivity index (χ3v) is 18.0. The van der Waals surface area contributed by atoms with Crippen molar-refractivity contribution in [2.45, 2.75) is 133 Å². The van der Waals surface area contributed by atoms with Gasteiger partial charge in [-0.15, -0.1) is 11.3 Å². The maximum absolute atomic E-state index is 14.4. The zero-order valence-electron chi connectivity index (χ0n) is 43.7. The number of benzene rings is 2. The van der Waals surface area contributed by atoms with E-state index in [-0.39, 0.29) is 49.1 Å². The molecule has 2 aromatic heterocycles. The van der Waals surface area contributed by atoms with Gasteiger partial charge in [0.2, 0.25) is 17.7 Å². The van der Waals surface area contributed by atoms with Crippen LogP contribution in [0.25, 0.3) is 10.4 Å². The minimum absolute atomic E-state index is 0.0141. The molecule has 5 N–H and O–H groups in total. The van der Waals surface area contributed by atoms with Gasteiger partial charge in [0, 0.05) is 56.1 Å². The van der Waals surface area contributed by atoms with Crippen LogP contribution in [0.2, 0.25) is 5.02 Å². The fourth-order valence-electron chi connectivity index (χ4n) is 10.1. The Morgan fingerprint density at radius 3 is 2.43 bits per heavy atom. The van der Waals surface area contributed by atoms with E-state index in [0.29, 0.717) is 61.3 Å². The highest BCUT2D eigenvalue weighted by Gasteiger charge is 2.51. The SMILES string of the molecule is Cc1ncsc1-c1ccc(CNC(=O)[C@@H]2CCCN2C(=O)[C@@H](CNC(=O)C2(F)CC2)C(C)(C)C)c(OCCCN2CCC(CCC(=O)Nc3cccc(Sc4cnc(N5CCC(C)(CN)CC5)cn4)c3Cl)CC2)c1. The maximum Gasteiger partial charge on any atom is 0.257 e. The molecular weight excluding hydrogens is 999 g/mol. The summed E-state index contributed by atoms with van der Waals surface area (Å²) in [5, 5.41) is 10.0. The van der Waals surface area contributed by atoms with Crippen LogP contribution in [0.15, 0.2) is 64.2 Å². The van der Waals surface area contributed by atoms with Crippen LogP contribution in [-0.4, -0.2) is 119 Å². The fourth-order valence-corrected chi connectivity index (χ4v) is 12.0. The number of alkyl halides is 1. The molecule has 5 heterocycles. The molecule has 3 aliphatic heterocycles. The fraction of sp³-hybridized carbons (Fsp3) is 0.582. The Hall–Kier alpha value is -4.88. The quantitative estimate of drug-likeness (QED) is 0.0581. The van der Waals surface area contributed by atoms with E-state index in [1.54, 1.807) is 22.4 Å². The number of nitrogens with zero attached hydrogens (tertiary/aromatic N) is 6. The van der Waals surface area contributed by atoms with E-state index < -0.39 is 29.0 Å². The molecule has 1 aliphatic carbocycles. The number of piperidine rings is 2. The van der Waals surface area contributed by atoms with Gasteiger partial charge in [0.1, 0.15) is 22.6 Å². The first-order valence-electron chi connectivity index (χ1n) is 26.4. The van der Waals surface area contributed by atoms with Crippen LogP contribution >= 0.6 is 34.7 Å². The molecule has 0 bridgehead atoms. The summed E-state index contributed by atoms with van der Waals surface area (Å²) in [6.45, 7) is 16.4. The summed E-state index contributed by atoms with van der Waals surface area (Å²) in [5.74, 6) is 0.212. The van der Waals surface area contributed by atoms with Crippen LogP contribution in [0, 0.1) is 29.6 Å². The number of halogens is 2. The van der Waals surface area contributed by atoms with E-state index in [9.17, 15) is 23.6 Å². The molecular formula is C55H74ClFN10O5S2. The molecule has 1 saturated carbocycles. The number of hydrogen-bond donors (Lipinski definition) is 4. The van der Waals surface area contributed by atoms with Crippen molar-refractivity contribution < 1.29 is 28.3 Å². The van der Waals surface area contributed by atoms with Gasteiger partial charge >= 0.3 is 0 Å². The topological polar surface area (TPSA) is 188 Å². The van der Waals surface area contributed by atoms with Crippen molar-refractivity contribution in [3.05, 3.63) is 70.6 Å². The number of amides is 4. The van der Waals surface area contributed by atoms with Crippen molar-refractivity contribution in [3.63, 3.8) is 0 Å². The van der Waals surface area contributed by atoms with Crippen molar-refractivity contribution in [3.8, 4) is 16.2 Å². The Morgan fingerprint density at radius 1 is 0.986 bits per heavy atom. The summed E-state index contributed by atoms with van der Waals surface area (Å²) in [6, 6.07) is 11.0. The standard InChI is InChI=1S/C55H74ClFN10O5S2/c1-36-49(73-35-63-36)38-13-14-39(30-61-50(69)42-10-7-23-67(42)51(70)40(53(2,3)4)31-62-52(71)55(57)18-19-55)43(29-38)72-28-8-22-65-24-16-37(17-25-65)12-15-46(68)64-41-9-6-11-44(48(41)56)74-47-33-59-45(32-60-47)66-26-20-54(5,34-58)21-27-66/h6,9,11,13-14,29,32-33,35,37,40,42H,7-8,10,12,15-28,30-31,34,58H2,1-5H3,(H,61,69)(H,62,71)(H,64,68)/t40-,42+/m1/s1. The first kappa shape index (κ1) is 55.4. The lowest BCUT2D eigenvalue weighted by Crippen LogP contribution is -2.52. The second kappa shape index (κ2) is 24.4. The van der Waals surface area contributed by atoms with Crippen LogP contribution in [0.3, 0.4) is 0 Å². The lowest BCUT2D eigenvalue weighted by atomic mass is 9.79. The number of hydrogen-bond acceptors (Lipinski definition) is 13. The molecule has 4 aromatic rings. The molecule has 0 radical (unpaired) electrons. The second-order valence-corrected chi connectivity index (χ2v) is 24.4. The molecule has 8 rings (SSSR count). The number of aromatic nitrogens is 3. The molecule has 4 aliphatic rings. The number of likely N-dealkylation sites (tertiary alicyclic amines) is 2. The third-order valence-electron chi connectivity index (χ3n) is 15.5. The number of carbonyl (C=O) groups excluding carboxylic acids is 4. The van der Waals surface area contributed by atoms with Gasteiger partial charge in [0.25, 0.3) is 5.91 Å². The van der Waals surface area contributed by atoms with Crippen molar-refractivity contribution in [1.29, 1.82) is 0 Å². The number of aryl methyl sites for hydroxylation is 1. The van der Waals surface area contributed by atoms with Crippen molar-refractivity contribution >= 4 is 69.8 Å². The summed E-state index contributed by atoms with van der Waals surface area (Å²) in [7, 11) is 0. The number of ether oxygens (including phenoxy) is 1. The average molecular weight is 1070 g/mol. The van der Waals surface area contributed by atoms with Crippen molar-refractivity contribution in [1.82, 2.24) is 35.4 Å². The predicted octanol–water partition coefficient (Wildman–Crippen LogP) is 9.07. The summed E-state index contributed by atoms with van der Waals surface area (Å²) in [5.41, 5.74) is 9.00. The van der Waals surface area contributed by atoms with E-state index in [1.165, 1.54) is 11.8 Å². The Morgan fingerprint density at radius 2 is 1.76 bits per heavy atom. The normalized spacial score (nSPS) is 19.2. The summed E-state index contributed by atoms with van der Waals surface area (Å²) in [6.07, 6.45) is 11.3. The van der Waals surface area contributed by atoms with E-state index in [0.717, 1.165) is 109 Å². The molecule has 400 valence electrons. The van der Waals surface area contributed by atoms with Gasteiger partial charge in [-0.3, -0.25) is 19.2 Å². The molecule has 19 heteroatoms. The monoisotopic (exact) mass is 1070 g/mol. The number of thiazole rings is 1. The zero-order valence-corrected chi connectivity index (χ0v) is 46.0. The highest BCUT2D eigenvalue weighted by molar-refractivity contribution is 7.99. The lowest BCUT2D eigenvalue weighted by Gasteiger charge is -2.39. The second-order valence-electron chi connectivity index (χ2n) is 22.1. The van der Waals surface area contributed by atoms with E-state index in [1.807, 2.05) is 75.8 Å². The zero-order chi connectivity index (χ0) is 52.6. The molecule has 0 spiro atoms. The Bertz CT molecular complexity index is 2590. The summed E-state index contributed by atoms with van der Waals surface area (Å²) >= 11 is 9.82. The highest BCUT2D eigenvalue weighted by atomic mass is 35.5. The van der Waals surface area contributed by atoms with Gasteiger partial charge in [0.15, 0.2) is 5.67 Å². The first-order chi connectivity index (χ1) is 35.4. The van der Waals surface area contributed by atoms with Gasteiger partial charge in [0.05, 0.1) is 51.7 Å². The van der Waals surface area contributed by atoms with Crippen LogP contribution in [0.5, 0.6) is 5.75 Å². The van der Waals surface area contributed by atoms with Crippen molar-refractivity contribution in [2.75, 3.05) is 69.2 Å². The van der Waals surface area contributed by atoms with E-state index in [4.69, 9.17) is 27.1 Å². The smallest absolute Gasteiger partial charge is 0.257 e. The molecule has 4 amide bonds. The van der Waals surface area contributed by atoms with Gasteiger partial charge in [-0.25, -0.2) is 19.3 Å². The highest BCUT2D eigenvalue weighted by Crippen LogP contribution is 2.41. The number of nitrogens with one attached hydrogen (secondary N) is 3. The lowest BCUT2D eigenvalue weighted by molar-refractivity contribution is -0.144. The molecule has 2 aromatic carbocycles. The van der Waals surface area contributed by atoms with Gasteiger partial charge in [-0.05, 0) is 131 Å². The summed E-state index contributed by atoms with van der Waals surface area (Å²) in [4.78, 5) is 75.5. The molecule has 0 unspecified atom stereocenters. The minimum atomic E-state index is -1.83. The largest absolute Gasteiger partial charge is 0.493 e. The van der Waals surface area contributed by atoms with Gasteiger partial charge in [-0.2, -0.15) is 0 Å². The summed E-state index contributed by atoms with van der Waals surface area (Å²) < 4.78 is 20.9. The van der Waals surface area contributed by atoms with Crippen LogP contribution < -0.4 is 31.3 Å². The molecule has 4 fully saturated rings. The van der Waals surface area contributed by atoms with Crippen molar-refractivity contribution in [2.24, 2.45) is 28.4 Å². The predicted molar refractivity (Wildman–Crippen MR) is 291 cm³/mol. The Balaban J connectivity index is 0.774. The van der Waals surface area contributed by atoms with E-state index in [2.05, 4.69) is 42.6 Å². The minimum Gasteiger partial charge on any atom is -0.493 e. The van der Waals surface area contributed by atoms with Gasteiger partial charge in [-0.1, -0.05) is 69.3 Å². The molecule has 15 nitrogen and oxygen atoms in total. The Labute approximate surface area is 449 Å². The first-order valence-corrected chi connectivity index (χ1v) is 28.5. The van der Waals surface area contributed by atoms with Crippen LogP contribution in [-0.2, 0) is 25.7 Å². The third kappa shape index (κ3) is 14.1. The van der Waals surface area contributed by atoms with Crippen LogP contribution in [0.1, 0.15) is 110 Å². The number of carbonyl (C=O) groups is 4. The molecule has 3 saturated heterocycles. The Kier molecular flexibility index (Phi) is 18.3.